The SMILES string of the molecule is CC(O)CNCc1ccnc(Nc2cccc(-c3nccc(-c4ccc(CNCC5CCC(=O)N5)c(OC(F)F)n4)c3Cl)c2Cl)c1F. The van der Waals surface area contributed by atoms with Crippen LogP contribution in [-0.2, 0) is 17.9 Å². The summed E-state index contributed by atoms with van der Waals surface area (Å²) in [7, 11) is 0. The van der Waals surface area contributed by atoms with Crippen molar-refractivity contribution in [1.82, 2.24) is 30.9 Å². The molecule has 47 heavy (non-hydrogen) atoms. The number of aliphatic hydroxyl groups excluding tert-OH is 1. The van der Waals surface area contributed by atoms with Crippen molar-refractivity contribution >= 4 is 40.6 Å². The number of anilines is 2. The Hall–Kier alpha value is -4.01. The van der Waals surface area contributed by atoms with Crippen molar-refractivity contribution in [1.29, 1.82) is 0 Å². The molecule has 1 aromatic carbocycles. The molecule has 0 saturated carbocycles. The highest BCUT2D eigenvalue weighted by molar-refractivity contribution is 6.39. The van der Waals surface area contributed by atoms with E-state index in [1.165, 1.54) is 18.5 Å². The summed E-state index contributed by atoms with van der Waals surface area (Å²) in [6, 6.07) is 11.4. The number of rotatable bonds is 14. The minimum absolute atomic E-state index is 0.0168. The molecule has 4 aromatic rings. The molecule has 0 bridgehead atoms. The highest BCUT2D eigenvalue weighted by atomic mass is 35.5. The number of halogens is 5. The Morgan fingerprint density at radius 1 is 1.02 bits per heavy atom. The molecule has 1 amide bonds. The summed E-state index contributed by atoms with van der Waals surface area (Å²) < 4.78 is 46.7. The second-order valence-electron chi connectivity index (χ2n) is 10.9. The van der Waals surface area contributed by atoms with E-state index in [9.17, 15) is 18.7 Å². The topological polar surface area (TPSA) is 133 Å². The number of pyridine rings is 3. The number of hydrogen-bond donors (Lipinski definition) is 5. The van der Waals surface area contributed by atoms with Crippen molar-refractivity contribution in [2.24, 2.45) is 0 Å². The first-order chi connectivity index (χ1) is 22.6. The summed E-state index contributed by atoms with van der Waals surface area (Å²) >= 11 is 13.6. The van der Waals surface area contributed by atoms with Gasteiger partial charge in [0.2, 0.25) is 11.8 Å². The molecule has 1 aliphatic heterocycles. The maximum absolute atomic E-state index is 15.2. The number of hydrogen-bond acceptors (Lipinski definition) is 9. The number of benzene rings is 1. The summed E-state index contributed by atoms with van der Waals surface area (Å²) in [4.78, 5) is 24.3. The lowest BCUT2D eigenvalue weighted by atomic mass is 10.1. The molecule has 10 nitrogen and oxygen atoms in total. The Kier molecular flexibility index (Phi) is 11.5. The Labute approximate surface area is 279 Å². The van der Waals surface area contributed by atoms with E-state index >= 15 is 4.39 Å². The lowest BCUT2D eigenvalue weighted by Gasteiger charge is -2.16. The van der Waals surface area contributed by atoms with Crippen molar-refractivity contribution in [3.63, 3.8) is 0 Å². The molecule has 0 aliphatic carbocycles. The average Bonchev–Trinajstić information content (AvgIpc) is 3.45. The molecule has 1 aliphatic rings. The van der Waals surface area contributed by atoms with Gasteiger partial charge >= 0.3 is 6.61 Å². The molecule has 248 valence electrons. The van der Waals surface area contributed by atoms with Crippen LogP contribution in [0.4, 0.5) is 24.7 Å². The van der Waals surface area contributed by atoms with E-state index in [1.807, 2.05) is 0 Å². The van der Waals surface area contributed by atoms with Gasteiger partial charge in [-0.05, 0) is 37.6 Å². The molecule has 1 saturated heterocycles. The van der Waals surface area contributed by atoms with Crippen LogP contribution in [0.2, 0.25) is 10.0 Å². The Morgan fingerprint density at radius 3 is 2.55 bits per heavy atom. The van der Waals surface area contributed by atoms with E-state index in [0.29, 0.717) is 53.9 Å². The number of aromatic nitrogens is 3. The predicted molar refractivity (Wildman–Crippen MR) is 173 cm³/mol. The zero-order valence-corrected chi connectivity index (χ0v) is 26.7. The van der Waals surface area contributed by atoms with Gasteiger partial charge in [0.05, 0.1) is 33.2 Å². The fourth-order valence-electron chi connectivity index (χ4n) is 5.04. The van der Waals surface area contributed by atoms with Gasteiger partial charge < -0.3 is 31.1 Å². The van der Waals surface area contributed by atoms with Gasteiger partial charge in [0.15, 0.2) is 11.6 Å². The lowest BCUT2D eigenvalue weighted by Crippen LogP contribution is -2.35. The minimum atomic E-state index is -3.11. The number of carbonyl (C=O) groups is 1. The number of amides is 1. The first-order valence-electron chi connectivity index (χ1n) is 14.8. The first kappa shape index (κ1) is 34.3. The summed E-state index contributed by atoms with van der Waals surface area (Å²) in [6.45, 7) is -0.353. The molecule has 3 aromatic heterocycles. The zero-order valence-electron chi connectivity index (χ0n) is 25.2. The second-order valence-corrected chi connectivity index (χ2v) is 11.7. The van der Waals surface area contributed by atoms with E-state index in [1.54, 1.807) is 43.3 Å². The van der Waals surface area contributed by atoms with Gasteiger partial charge in [0.25, 0.3) is 0 Å². The maximum Gasteiger partial charge on any atom is 0.388 e. The maximum atomic E-state index is 15.2. The van der Waals surface area contributed by atoms with E-state index in [-0.39, 0.29) is 58.2 Å². The van der Waals surface area contributed by atoms with E-state index < -0.39 is 18.5 Å². The number of ether oxygens (including phenoxy) is 1. The standard InChI is InChI=1S/C32H32Cl2F3N7O3/c1-17(45)13-38-14-18-9-11-41-30(28(18)35)43-24-4-2-3-22(26(24)33)29-27(34)21(10-12-40-29)23-7-5-19(31(44-23)47-32(36)37)15-39-16-20-6-8-25(46)42-20/h2-5,7,9-12,17,20,32,38-39,45H,6,8,13-16H2,1H3,(H,41,43)(H,42,46). The molecule has 1 fully saturated rings. The third-order valence-electron chi connectivity index (χ3n) is 7.33. The van der Waals surface area contributed by atoms with Crippen molar-refractivity contribution in [3.8, 4) is 28.4 Å². The number of carbonyl (C=O) groups excluding carboxylic acids is 1. The van der Waals surface area contributed by atoms with Gasteiger partial charge in [-0.25, -0.2) is 14.4 Å². The quantitative estimate of drug-likeness (QED) is 0.111. The molecule has 15 heteroatoms. The highest BCUT2D eigenvalue weighted by Crippen LogP contribution is 2.41. The fourth-order valence-corrected chi connectivity index (χ4v) is 5.62. The minimum Gasteiger partial charge on any atom is -0.417 e. The van der Waals surface area contributed by atoms with Crippen LogP contribution in [0, 0.1) is 5.82 Å². The fraction of sp³-hybridized carbons (Fsp3) is 0.312. The number of nitrogens with one attached hydrogen (secondary N) is 4. The molecular formula is C32H32Cl2F3N7O3. The van der Waals surface area contributed by atoms with Gasteiger partial charge in [-0.1, -0.05) is 41.4 Å². The van der Waals surface area contributed by atoms with Crippen LogP contribution in [-0.4, -0.2) is 57.8 Å². The molecule has 2 unspecified atom stereocenters. The van der Waals surface area contributed by atoms with Crippen molar-refractivity contribution < 1.29 is 27.8 Å². The van der Waals surface area contributed by atoms with Crippen LogP contribution in [0.1, 0.15) is 30.9 Å². The third kappa shape index (κ3) is 8.67. The van der Waals surface area contributed by atoms with Crippen LogP contribution in [0.15, 0.2) is 54.9 Å². The largest absolute Gasteiger partial charge is 0.417 e. The normalized spacial score (nSPS) is 15.1. The first-order valence-corrected chi connectivity index (χ1v) is 15.5. The summed E-state index contributed by atoms with van der Waals surface area (Å²) in [5.74, 6) is -0.914. The number of nitrogens with zero attached hydrogens (tertiary/aromatic N) is 3. The van der Waals surface area contributed by atoms with E-state index in [2.05, 4.69) is 36.2 Å². The summed E-state index contributed by atoms with van der Waals surface area (Å²) in [5.41, 5.74) is 2.44. The zero-order chi connectivity index (χ0) is 33.5. The number of aliphatic hydroxyl groups is 1. The number of alkyl halides is 2. The lowest BCUT2D eigenvalue weighted by molar-refractivity contribution is -0.119. The van der Waals surface area contributed by atoms with Gasteiger partial charge in [0.1, 0.15) is 0 Å². The average molecular weight is 691 g/mol. The van der Waals surface area contributed by atoms with Crippen LogP contribution >= 0.6 is 23.2 Å². The molecule has 4 heterocycles. The summed E-state index contributed by atoms with van der Waals surface area (Å²) in [5, 5.41) is 21.7. The van der Waals surface area contributed by atoms with Gasteiger partial charge in [0, 0.05) is 73.3 Å². The van der Waals surface area contributed by atoms with E-state index in [0.717, 1.165) is 0 Å². The van der Waals surface area contributed by atoms with Gasteiger partial charge in [-0.3, -0.25) is 9.78 Å². The molecule has 5 rings (SSSR count). The van der Waals surface area contributed by atoms with Crippen molar-refractivity contribution in [2.75, 3.05) is 18.4 Å². The summed E-state index contributed by atoms with van der Waals surface area (Å²) in [6.07, 6.45) is 3.51. The molecule has 2 atom stereocenters. The predicted octanol–water partition coefficient (Wildman–Crippen LogP) is 5.84. The Bertz CT molecular complexity index is 1730. The highest BCUT2D eigenvalue weighted by Gasteiger charge is 2.22. The van der Waals surface area contributed by atoms with Crippen molar-refractivity contribution in [3.05, 3.63) is 81.8 Å². The van der Waals surface area contributed by atoms with Gasteiger partial charge in [-0.15, -0.1) is 0 Å². The molecule has 5 N–H and O–H groups in total. The van der Waals surface area contributed by atoms with Crippen LogP contribution in [0.5, 0.6) is 5.88 Å². The molecule has 0 spiro atoms. The Balaban J connectivity index is 1.38. The molecule has 0 radical (unpaired) electrons. The van der Waals surface area contributed by atoms with Crippen LogP contribution in [0.25, 0.3) is 22.5 Å². The second kappa shape index (κ2) is 15.7. The molecular weight excluding hydrogens is 658 g/mol. The van der Waals surface area contributed by atoms with Crippen molar-refractivity contribution in [2.45, 2.75) is 51.6 Å². The Morgan fingerprint density at radius 2 is 1.81 bits per heavy atom. The van der Waals surface area contributed by atoms with Crippen LogP contribution < -0.4 is 26.0 Å². The smallest absolute Gasteiger partial charge is 0.388 e. The third-order valence-corrected chi connectivity index (χ3v) is 8.12. The van der Waals surface area contributed by atoms with Gasteiger partial charge in [-0.2, -0.15) is 8.78 Å². The van der Waals surface area contributed by atoms with E-state index in [4.69, 9.17) is 27.9 Å². The van der Waals surface area contributed by atoms with Crippen LogP contribution in [0.3, 0.4) is 0 Å². The monoisotopic (exact) mass is 689 g/mol.